The molecule has 0 fully saturated rings. The number of imidazole rings is 1. The second-order valence-electron chi connectivity index (χ2n) is 6.42. The summed E-state index contributed by atoms with van der Waals surface area (Å²) in [5.74, 6) is 1.34. The van der Waals surface area contributed by atoms with Gasteiger partial charge in [0.05, 0.1) is 5.69 Å². The van der Waals surface area contributed by atoms with Gasteiger partial charge in [0, 0.05) is 41.4 Å². The van der Waals surface area contributed by atoms with Crippen LogP contribution in [0.15, 0.2) is 76.5 Å². The molecule has 0 radical (unpaired) electrons. The smallest absolute Gasteiger partial charge is 0.277 e. The summed E-state index contributed by atoms with van der Waals surface area (Å²) < 4.78 is 7.46. The Morgan fingerprint density at radius 3 is 2.68 bits per heavy atom. The number of rotatable bonds is 4. The number of carbonyl (C=O) groups is 1. The highest BCUT2D eigenvalue weighted by atomic mass is 32.2. The molecule has 138 valence electrons. The summed E-state index contributed by atoms with van der Waals surface area (Å²) in [6.45, 7) is 1.00. The van der Waals surface area contributed by atoms with E-state index in [1.807, 2.05) is 54.6 Å². The van der Waals surface area contributed by atoms with Gasteiger partial charge in [0.25, 0.3) is 5.91 Å². The summed E-state index contributed by atoms with van der Waals surface area (Å²) in [6, 6.07) is 18.8. The molecule has 1 aliphatic rings. The molecule has 2 aromatic carbocycles. The van der Waals surface area contributed by atoms with Crippen molar-refractivity contribution in [2.75, 3.05) is 11.1 Å². The number of hydrogen-bond donors (Lipinski definition) is 1. The molecule has 5 rings (SSSR count). The monoisotopic (exact) mass is 388 g/mol. The zero-order chi connectivity index (χ0) is 18.9. The van der Waals surface area contributed by atoms with E-state index in [9.17, 15) is 4.79 Å². The molecule has 6 nitrogen and oxygen atoms in total. The van der Waals surface area contributed by atoms with Crippen molar-refractivity contribution >= 4 is 23.4 Å². The largest absolute Gasteiger partial charge is 0.355 e. The lowest BCUT2D eigenvalue weighted by atomic mass is 10.1. The Balaban J connectivity index is 1.29. The van der Waals surface area contributed by atoms with Gasteiger partial charge in [-0.25, -0.2) is 4.98 Å². The van der Waals surface area contributed by atoms with E-state index in [4.69, 9.17) is 4.52 Å². The van der Waals surface area contributed by atoms with Crippen molar-refractivity contribution in [3.8, 4) is 22.6 Å². The predicted molar refractivity (Wildman–Crippen MR) is 108 cm³/mol. The van der Waals surface area contributed by atoms with E-state index < -0.39 is 0 Å². The molecule has 0 saturated carbocycles. The Kier molecular flexibility index (Phi) is 4.21. The van der Waals surface area contributed by atoms with Gasteiger partial charge >= 0.3 is 0 Å². The van der Waals surface area contributed by atoms with Gasteiger partial charge in [-0.3, -0.25) is 4.79 Å². The van der Waals surface area contributed by atoms with Crippen molar-refractivity contribution in [3.63, 3.8) is 0 Å². The van der Waals surface area contributed by atoms with Gasteiger partial charge in [0.1, 0.15) is 0 Å². The van der Waals surface area contributed by atoms with Gasteiger partial charge in [0.2, 0.25) is 0 Å². The molecule has 0 saturated heterocycles. The first kappa shape index (κ1) is 16.8. The Bertz CT molecular complexity index is 1110. The quantitative estimate of drug-likeness (QED) is 0.555. The van der Waals surface area contributed by atoms with E-state index in [2.05, 4.69) is 26.2 Å². The Morgan fingerprint density at radius 2 is 1.89 bits per heavy atom. The second-order valence-corrected chi connectivity index (χ2v) is 7.49. The van der Waals surface area contributed by atoms with Gasteiger partial charge in [-0.05, 0) is 12.1 Å². The molecule has 3 heterocycles. The first-order valence-corrected chi connectivity index (χ1v) is 9.89. The lowest BCUT2D eigenvalue weighted by Gasteiger charge is -2.04. The van der Waals surface area contributed by atoms with E-state index >= 15 is 0 Å². The average Bonchev–Trinajstić information content (AvgIpc) is 3.45. The summed E-state index contributed by atoms with van der Waals surface area (Å²) in [5.41, 5.74) is 3.78. The lowest BCUT2D eigenvalue weighted by molar-refractivity contribution is 0.101. The molecular formula is C21H16N4O2S. The van der Waals surface area contributed by atoms with E-state index in [1.165, 1.54) is 0 Å². The number of aromatic nitrogens is 3. The summed E-state index contributed by atoms with van der Waals surface area (Å²) in [4.78, 5) is 17.1. The number of nitrogens with zero attached hydrogens (tertiary/aromatic N) is 3. The van der Waals surface area contributed by atoms with Crippen LogP contribution in [-0.2, 0) is 6.54 Å². The van der Waals surface area contributed by atoms with Crippen molar-refractivity contribution in [2.24, 2.45) is 0 Å². The van der Waals surface area contributed by atoms with E-state index in [1.54, 1.807) is 17.8 Å². The lowest BCUT2D eigenvalue weighted by Crippen LogP contribution is -2.11. The third-order valence-corrected chi connectivity index (χ3v) is 5.51. The molecule has 1 amide bonds. The summed E-state index contributed by atoms with van der Waals surface area (Å²) in [7, 11) is 0. The molecule has 0 atom stereocenters. The fourth-order valence-corrected chi connectivity index (χ4v) is 4.03. The molecule has 2 aromatic heterocycles. The van der Waals surface area contributed by atoms with E-state index in [-0.39, 0.29) is 11.6 Å². The molecular weight excluding hydrogens is 372 g/mol. The molecule has 1 aliphatic heterocycles. The number of thioether (sulfide) groups is 1. The molecule has 1 N–H and O–H groups in total. The molecule has 0 unspecified atom stereocenters. The van der Waals surface area contributed by atoms with Crippen LogP contribution in [-0.4, -0.2) is 26.4 Å². The third-order valence-electron chi connectivity index (χ3n) is 4.54. The standard InChI is InChI=1S/C21H16N4O2S/c26-20(17-12-19(27-24-17)15-4-2-1-3-5-15)22-16-8-6-14(7-9-16)18-13-25-10-11-28-21(25)23-18/h1-9,12-13H,10-11H2,(H,22,26). The van der Waals surface area contributed by atoms with Gasteiger partial charge in [0.15, 0.2) is 16.6 Å². The number of aryl methyl sites for hydroxylation is 1. The minimum Gasteiger partial charge on any atom is -0.355 e. The maximum absolute atomic E-state index is 12.5. The number of anilines is 1. The van der Waals surface area contributed by atoms with Crippen LogP contribution in [0.4, 0.5) is 5.69 Å². The number of fused-ring (bicyclic) bond motifs is 1. The molecule has 7 heteroatoms. The highest BCUT2D eigenvalue weighted by molar-refractivity contribution is 7.99. The summed E-state index contributed by atoms with van der Waals surface area (Å²) >= 11 is 1.77. The number of nitrogens with one attached hydrogen (secondary N) is 1. The number of carbonyl (C=O) groups excluding carboxylic acids is 1. The average molecular weight is 388 g/mol. The minimum absolute atomic E-state index is 0.241. The molecule has 0 spiro atoms. The highest BCUT2D eigenvalue weighted by Gasteiger charge is 2.16. The van der Waals surface area contributed by atoms with Crippen molar-refractivity contribution < 1.29 is 9.32 Å². The minimum atomic E-state index is -0.309. The number of amides is 1. The Morgan fingerprint density at radius 1 is 1.07 bits per heavy atom. The molecule has 0 aliphatic carbocycles. The zero-order valence-corrected chi connectivity index (χ0v) is 15.6. The van der Waals surface area contributed by atoms with Gasteiger partial charge < -0.3 is 14.4 Å². The van der Waals surface area contributed by atoms with Crippen molar-refractivity contribution in [3.05, 3.63) is 72.6 Å². The molecule has 28 heavy (non-hydrogen) atoms. The van der Waals surface area contributed by atoms with Crippen LogP contribution in [0.25, 0.3) is 22.6 Å². The van der Waals surface area contributed by atoms with Gasteiger partial charge in [-0.1, -0.05) is 59.4 Å². The van der Waals surface area contributed by atoms with E-state index in [0.29, 0.717) is 11.4 Å². The molecule has 4 aromatic rings. The Labute approximate surface area is 165 Å². The van der Waals surface area contributed by atoms with Crippen molar-refractivity contribution in [2.45, 2.75) is 11.7 Å². The maximum atomic E-state index is 12.5. The van der Waals surface area contributed by atoms with Crippen LogP contribution in [0.5, 0.6) is 0 Å². The first-order chi connectivity index (χ1) is 13.8. The third kappa shape index (κ3) is 3.20. The second kappa shape index (κ2) is 7.01. The Hall–Kier alpha value is -3.32. The topological polar surface area (TPSA) is 73.0 Å². The van der Waals surface area contributed by atoms with Crippen molar-refractivity contribution in [1.29, 1.82) is 0 Å². The van der Waals surface area contributed by atoms with Gasteiger partial charge in [-0.15, -0.1) is 0 Å². The number of benzene rings is 2. The maximum Gasteiger partial charge on any atom is 0.277 e. The van der Waals surface area contributed by atoms with Crippen LogP contribution in [0.2, 0.25) is 0 Å². The molecule has 0 bridgehead atoms. The first-order valence-electron chi connectivity index (χ1n) is 8.90. The normalized spacial score (nSPS) is 12.7. The SMILES string of the molecule is O=C(Nc1ccc(-c2cn3c(n2)SCC3)cc1)c1cc(-c2ccccc2)on1. The van der Waals surface area contributed by atoms with Crippen LogP contribution < -0.4 is 5.32 Å². The fraction of sp³-hybridized carbons (Fsp3) is 0.0952. The van der Waals surface area contributed by atoms with E-state index in [0.717, 1.165) is 34.3 Å². The van der Waals surface area contributed by atoms with Crippen molar-refractivity contribution in [1.82, 2.24) is 14.7 Å². The van der Waals surface area contributed by atoms with Crippen LogP contribution in [0.3, 0.4) is 0 Å². The summed E-state index contributed by atoms with van der Waals surface area (Å²) in [6.07, 6.45) is 2.07. The van der Waals surface area contributed by atoms with Gasteiger partial charge in [-0.2, -0.15) is 0 Å². The highest BCUT2D eigenvalue weighted by Crippen LogP contribution is 2.29. The van der Waals surface area contributed by atoms with Crippen LogP contribution >= 0.6 is 11.8 Å². The predicted octanol–water partition coefficient (Wildman–Crippen LogP) is 4.56. The number of hydrogen-bond acceptors (Lipinski definition) is 5. The fourth-order valence-electron chi connectivity index (χ4n) is 3.09. The van der Waals surface area contributed by atoms with Crippen LogP contribution in [0.1, 0.15) is 10.5 Å². The van der Waals surface area contributed by atoms with Crippen LogP contribution in [0, 0.1) is 0 Å². The summed E-state index contributed by atoms with van der Waals surface area (Å²) in [5, 5.41) is 7.79. The zero-order valence-electron chi connectivity index (χ0n) is 14.8.